The summed E-state index contributed by atoms with van der Waals surface area (Å²) < 4.78 is 1.95. The van der Waals surface area contributed by atoms with Gasteiger partial charge in [0.05, 0.1) is 18.4 Å². The van der Waals surface area contributed by atoms with Gasteiger partial charge in [0.1, 0.15) is 0 Å². The maximum Gasteiger partial charge on any atom is 0.0719 e. The number of likely N-dealkylation sites (N-methyl/N-ethyl adjacent to an activating group) is 1. The van der Waals surface area contributed by atoms with Gasteiger partial charge in [-0.25, -0.2) is 0 Å². The zero-order chi connectivity index (χ0) is 9.97. The number of likely N-dealkylation sites (tertiary alicyclic amines) is 1. The van der Waals surface area contributed by atoms with Gasteiger partial charge in [0.2, 0.25) is 0 Å². The van der Waals surface area contributed by atoms with E-state index in [-0.39, 0.29) is 0 Å². The fraction of sp³-hybridized carbons (Fsp3) is 0.700. The highest BCUT2D eigenvalue weighted by Gasteiger charge is 2.19. The summed E-state index contributed by atoms with van der Waals surface area (Å²) in [6, 6.07) is 0.628. The molecule has 2 heterocycles. The van der Waals surface area contributed by atoms with Gasteiger partial charge in [-0.15, -0.1) is 0 Å². The van der Waals surface area contributed by atoms with Crippen LogP contribution in [0, 0.1) is 0 Å². The summed E-state index contributed by atoms with van der Waals surface area (Å²) in [5.74, 6) is 0. The Kier molecular flexibility index (Phi) is 2.72. The predicted molar refractivity (Wildman–Crippen MR) is 56.9 cm³/mol. The molecule has 14 heavy (non-hydrogen) atoms. The Balaban J connectivity index is 1.95. The zero-order valence-electron chi connectivity index (χ0n) is 8.69. The van der Waals surface area contributed by atoms with Gasteiger partial charge < -0.3 is 10.6 Å². The molecule has 1 atom stereocenters. The first kappa shape index (κ1) is 9.52. The fourth-order valence-corrected chi connectivity index (χ4v) is 2.07. The Morgan fingerprint density at radius 3 is 3.07 bits per heavy atom. The number of aromatic nitrogens is 2. The Labute approximate surface area is 84.7 Å². The molecule has 1 fully saturated rings. The topological polar surface area (TPSA) is 47.1 Å². The summed E-state index contributed by atoms with van der Waals surface area (Å²) >= 11 is 0. The molecule has 2 N–H and O–H groups in total. The van der Waals surface area contributed by atoms with Crippen LogP contribution in [0.4, 0.5) is 5.69 Å². The standard InChI is InChI=1S/C10H18N4/c1-13-5-3-2-4-10(13)8-14-7-9(11)6-12-14/h6-7,10H,2-5,8,11H2,1H3. The fourth-order valence-electron chi connectivity index (χ4n) is 2.07. The average molecular weight is 194 g/mol. The molecule has 0 amide bonds. The summed E-state index contributed by atoms with van der Waals surface area (Å²) in [7, 11) is 2.19. The first-order valence-electron chi connectivity index (χ1n) is 5.24. The highest BCUT2D eigenvalue weighted by atomic mass is 15.3. The second-order valence-corrected chi connectivity index (χ2v) is 4.13. The van der Waals surface area contributed by atoms with Crippen LogP contribution < -0.4 is 5.73 Å². The SMILES string of the molecule is CN1CCCCC1Cn1cc(N)cn1. The number of nitrogen functional groups attached to an aromatic ring is 1. The Morgan fingerprint density at radius 1 is 1.57 bits per heavy atom. The lowest BCUT2D eigenvalue weighted by molar-refractivity contribution is 0.163. The van der Waals surface area contributed by atoms with Gasteiger partial charge in [-0.05, 0) is 26.4 Å². The molecule has 1 aromatic rings. The first-order valence-corrected chi connectivity index (χ1v) is 5.24. The second kappa shape index (κ2) is 4.00. The molecule has 0 spiro atoms. The van der Waals surface area contributed by atoms with Crippen molar-refractivity contribution in [3.05, 3.63) is 12.4 Å². The zero-order valence-corrected chi connectivity index (χ0v) is 8.69. The van der Waals surface area contributed by atoms with E-state index in [1.165, 1.54) is 25.8 Å². The monoisotopic (exact) mass is 194 g/mol. The number of anilines is 1. The van der Waals surface area contributed by atoms with Crippen LogP contribution in [0.2, 0.25) is 0 Å². The van der Waals surface area contributed by atoms with Crippen LogP contribution in [0.15, 0.2) is 12.4 Å². The molecule has 1 aliphatic rings. The number of nitrogens with two attached hydrogens (primary N) is 1. The van der Waals surface area contributed by atoms with Gasteiger partial charge in [-0.1, -0.05) is 6.42 Å². The van der Waals surface area contributed by atoms with E-state index in [4.69, 9.17) is 5.73 Å². The third-order valence-corrected chi connectivity index (χ3v) is 2.97. The predicted octanol–water partition coefficient (Wildman–Crippen LogP) is 0.950. The van der Waals surface area contributed by atoms with Gasteiger partial charge >= 0.3 is 0 Å². The molecule has 2 rings (SSSR count). The Bertz CT molecular complexity index is 294. The van der Waals surface area contributed by atoms with Gasteiger partial charge in [-0.2, -0.15) is 5.10 Å². The quantitative estimate of drug-likeness (QED) is 0.762. The van der Waals surface area contributed by atoms with Crippen molar-refractivity contribution in [1.29, 1.82) is 0 Å². The molecule has 0 radical (unpaired) electrons. The molecule has 1 saturated heterocycles. The van der Waals surface area contributed by atoms with E-state index in [2.05, 4.69) is 17.0 Å². The van der Waals surface area contributed by atoms with E-state index >= 15 is 0 Å². The largest absolute Gasteiger partial charge is 0.396 e. The molecular formula is C10H18N4. The van der Waals surface area contributed by atoms with Gasteiger partial charge in [-0.3, -0.25) is 4.68 Å². The van der Waals surface area contributed by atoms with Crippen molar-refractivity contribution in [1.82, 2.24) is 14.7 Å². The van der Waals surface area contributed by atoms with Crippen LogP contribution in [-0.4, -0.2) is 34.3 Å². The lowest BCUT2D eigenvalue weighted by Gasteiger charge is -2.32. The smallest absolute Gasteiger partial charge is 0.0719 e. The molecule has 0 aromatic carbocycles. The minimum absolute atomic E-state index is 0.628. The molecule has 4 heteroatoms. The van der Waals surface area contributed by atoms with Crippen molar-refractivity contribution in [2.45, 2.75) is 31.8 Å². The number of nitrogens with zero attached hydrogens (tertiary/aromatic N) is 3. The molecular weight excluding hydrogens is 176 g/mol. The highest BCUT2D eigenvalue weighted by molar-refractivity contribution is 5.30. The van der Waals surface area contributed by atoms with E-state index < -0.39 is 0 Å². The Morgan fingerprint density at radius 2 is 2.43 bits per heavy atom. The summed E-state index contributed by atoms with van der Waals surface area (Å²) in [6.45, 7) is 2.18. The molecule has 1 aliphatic heterocycles. The van der Waals surface area contributed by atoms with Crippen molar-refractivity contribution in [2.24, 2.45) is 0 Å². The second-order valence-electron chi connectivity index (χ2n) is 4.13. The van der Waals surface area contributed by atoms with Crippen LogP contribution in [0.1, 0.15) is 19.3 Å². The van der Waals surface area contributed by atoms with E-state index in [0.29, 0.717) is 6.04 Å². The van der Waals surface area contributed by atoms with Crippen molar-refractivity contribution in [3.8, 4) is 0 Å². The van der Waals surface area contributed by atoms with E-state index in [1.54, 1.807) is 6.20 Å². The van der Waals surface area contributed by atoms with Gasteiger partial charge in [0.15, 0.2) is 0 Å². The lowest BCUT2D eigenvalue weighted by atomic mass is 10.0. The number of hydrogen-bond acceptors (Lipinski definition) is 3. The Hall–Kier alpha value is -1.03. The average Bonchev–Trinajstić information content (AvgIpc) is 2.56. The highest BCUT2D eigenvalue weighted by Crippen LogP contribution is 2.16. The van der Waals surface area contributed by atoms with Crippen LogP contribution in [0.5, 0.6) is 0 Å². The molecule has 4 nitrogen and oxygen atoms in total. The van der Waals surface area contributed by atoms with Gasteiger partial charge in [0.25, 0.3) is 0 Å². The molecule has 78 valence electrons. The first-order chi connectivity index (χ1) is 6.75. The van der Waals surface area contributed by atoms with Crippen molar-refractivity contribution >= 4 is 5.69 Å². The van der Waals surface area contributed by atoms with Crippen LogP contribution >= 0.6 is 0 Å². The molecule has 0 aliphatic carbocycles. The van der Waals surface area contributed by atoms with Crippen molar-refractivity contribution in [3.63, 3.8) is 0 Å². The van der Waals surface area contributed by atoms with Crippen molar-refractivity contribution in [2.75, 3.05) is 19.3 Å². The number of rotatable bonds is 2. The molecule has 0 saturated carbocycles. The van der Waals surface area contributed by atoms with E-state index in [9.17, 15) is 0 Å². The number of piperidine rings is 1. The van der Waals surface area contributed by atoms with Gasteiger partial charge in [0, 0.05) is 12.2 Å². The molecule has 1 unspecified atom stereocenters. The van der Waals surface area contributed by atoms with E-state index in [0.717, 1.165) is 12.2 Å². The molecule has 1 aromatic heterocycles. The van der Waals surface area contributed by atoms with Crippen LogP contribution in [-0.2, 0) is 6.54 Å². The normalized spacial score (nSPS) is 23.9. The minimum atomic E-state index is 0.628. The summed E-state index contributed by atoms with van der Waals surface area (Å²) in [4.78, 5) is 2.42. The summed E-state index contributed by atoms with van der Waals surface area (Å²) in [5, 5.41) is 4.21. The van der Waals surface area contributed by atoms with E-state index in [1.807, 2.05) is 10.9 Å². The summed E-state index contributed by atoms with van der Waals surface area (Å²) in [6.07, 6.45) is 7.56. The minimum Gasteiger partial charge on any atom is -0.396 e. The number of hydrogen-bond donors (Lipinski definition) is 1. The lowest BCUT2D eigenvalue weighted by Crippen LogP contribution is -2.39. The molecule has 0 bridgehead atoms. The third kappa shape index (κ3) is 2.07. The third-order valence-electron chi connectivity index (χ3n) is 2.97. The van der Waals surface area contributed by atoms with Crippen molar-refractivity contribution < 1.29 is 0 Å². The van der Waals surface area contributed by atoms with Crippen LogP contribution in [0.3, 0.4) is 0 Å². The summed E-state index contributed by atoms with van der Waals surface area (Å²) in [5.41, 5.74) is 6.37. The maximum absolute atomic E-state index is 5.62. The maximum atomic E-state index is 5.62. The van der Waals surface area contributed by atoms with Crippen LogP contribution in [0.25, 0.3) is 0 Å².